The van der Waals surface area contributed by atoms with Gasteiger partial charge in [0.1, 0.15) is 6.29 Å². The number of para-hydroxylation sites is 1. The fourth-order valence-electron chi connectivity index (χ4n) is 2.83. The minimum Gasteiger partial charge on any atom is -0.303 e. The number of hydrogen-bond acceptors (Lipinski definition) is 2. The fraction of sp³-hybridized carbons (Fsp3) is 0.111. The molecule has 3 aromatic rings. The number of halogens is 2. The predicted octanol–water partition coefficient (Wildman–Crippen LogP) is 4.69. The Labute approximate surface area is 143 Å². The number of carbonyl (C=O) groups is 2. The smallest absolute Gasteiger partial charge is 0.264 e. The highest BCUT2D eigenvalue weighted by molar-refractivity contribution is 6.44. The lowest BCUT2D eigenvalue weighted by Gasteiger charge is -2.09. The van der Waals surface area contributed by atoms with Gasteiger partial charge in [0.15, 0.2) is 0 Å². The summed E-state index contributed by atoms with van der Waals surface area (Å²) in [5.74, 6) is -0.261. The summed E-state index contributed by atoms with van der Waals surface area (Å²) in [6.45, 7) is 1.83. The average Bonchev–Trinajstić information content (AvgIpc) is 2.82. The topological polar surface area (TPSA) is 39.1 Å². The zero-order valence-electron chi connectivity index (χ0n) is 12.3. The first-order chi connectivity index (χ1) is 11.1. The third-order valence-electron chi connectivity index (χ3n) is 3.91. The van der Waals surface area contributed by atoms with Crippen LogP contribution in [0.4, 0.5) is 0 Å². The number of fused-ring (bicyclic) bond motifs is 1. The Balaban J connectivity index is 2.27. The molecule has 0 atom stereocenters. The van der Waals surface area contributed by atoms with Gasteiger partial charge in [0, 0.05) is 17.5 Å². The van der Waals surface area contributed by atoms with Gasteiger partial charge in [0.25, 0.3) is 5.91 Å². The zero-order chi connectivity index (χ0) is 16.6. The van der Waals surface area contributed by atoms with Crippen LogP contribution in [0.1, 0.15) is 21.6 Å². The van der Waals surface area contributed by atoms with E-state index in [0.717, 1.165) is 28.4 Å². The van der Waals surface area contributed by atoms with Crippen LogP contribution >= 0.6 is 23.2 Å². The van der Waals surface area contributed by atoms with Gasteiger partial charge < -0.3 is 4.79 Å². The average molecular weight is 346 g/mol. The molecule has 0 N–H and O–H groups in total. The number of aldehydes is 1. The van der Waals surface area contributed by atoms with Crippen LogP contribution in [-0.2, 0) is 11.2 Å². The van der Waals surface area contributed by atoms with Crippen molar-refractivity contribution in [1.82, 2.24) is 4.57 Å². The van der Waals surface area contributed by atoms with Crippen molar-refractivity contribution in [1.29, 1.82) is 0 Å². The van der Waals surface area contributed by atoms with Crippen LogP contribution in [0.5, 0.6) is 0 Å². The molecule has 3 rings (SSSR count). The second kappa shape index (κ2) is 6.19. The van der Waals surface area contributed by atoms with Crippen molar-refractivity contribution in [3.63, 3.8) is 0 Å². The maximum atomic E-state index is 13.0. The minimum absolute atomic E-state index is 0.230. The molecule has 116 valence electrons. The van der Waals surface area contributed by atoms with E-state index >= 15 is 0 Å². The monoisotopic (exact) mass is 345 g/mol. The summed E-state index contributed by atoms with van der Waals surface area (Å²) >= 11 is 12.2. The second-order valence-electron chi connectivity index (χ2n) is 5.19. The van der Waals surface area contributed by atoms with Gasteiger partial charge in [0.2, 0.25) is 0 Å². The molecule has 0 radical (unpaired) electrons. The highest BCUT2D eigenvalue weighted by Crippen LogP contribution is 2.30. The third-order valence-corrected chi connectivity index (χ3v) is 4.73. The van der Waals surface area contributed by atoms with Crippen molar-refractivity contribution in [3.05, 3.63) is 69.3 Å². The van der Waals surface area contributed by atoms with E-state index < -0.39 is 0 Å². The lowest BCUT2D eigenvalue weighted by molar-refractivity contribution is -0.107. The first-order valence-corrected chi connectivity index (χ1v) is 7.83. The van der Waals surface area contributed by atoms with Gasteiger partial charge >= 0.3 is 0 Å². The predicted molar refractivity (Wildman–Crippen MR) is 92.6 cm³/mol. The summed E-state index contributed by atoms with van der Waals surface area (Å²) in [4.78, 5) is 24.0. The number of hydrogen-bond donors (Lipinski definition) is 0. The molecule has 23 heavy (non-hydrogen) atoms. The van der Waals surface area contributed by atoms with Crippen molar-refractivity contribution in [2.24, 2.45) is 0 Å². The second-order valence-corrected chi connectivity index (χ2v) is 5.98. The summed E-state index contributed by atoms with van der Waals surface area (Å²) < 4.78 is 1.59. The molecule has 0 bridgehead atoms. The van der Waals surface area contributed by atoms with E-state index in [1.807, 2.05) is 31.2 Å². The van der Waals surface area contributed by atoms with Crippen LogP contribution in [0.3, 0.4) is 0 Å². The maximum absolute atomic E-state index is 13.0. The molecule has 0 aliphatic carbocycles. The third kappa shape index (κ3) is 2.56. The van der Waals surface area contributed by atoms with Crippen LogP contribution in [-0.4, -0.2) is 16.8 Å². The fourth-order valence-corrected chi connectivity index (χ4v) is 3.21. The van der Waals surface area contributed by atoms with E-state index in [-0.39, 0.29) is 17.4 Å². The van der Waals surface area contributed by atoms with Crippen LogP contribution in [0.15, 0.2) is 42.5 Å². The molecule has 0 spiro atoms. The van der Waals surface area contributed by atoms with Gasteiger partial charge in [-0.25, -0.2) is 0 Å². The molecule has 0 aliphatic rings. The van der Waals surface area contributed by atoms with Crippen molar-refractivity contribution < 1.29 is 9.59 Å². The minimum atomic E-state index is -0.261. The lowest BCUT2D eigenvalue weighted by atomic mass is 10.1. The molecular weight excluding hydrogens is 333 g/mol. The Bertz CT molecular complexity index is 928. The van der Waals surface area contributed by atoms with E-state index in [1.165, 1.54) is 0 Å². The van der Waals surface area contributed by atoms with Gasteiger partial charge in [-0.05, 0) is 30.7 Å². The van der Waals surface area contributed by atoms with E-state index in [9.17, 15) is 9.59 Å². The number of carbonyl (C=O) groups excluding carboxylic acids is 2. The molecule has 0 unspecified atom stereocenters. The maximum Gasteiger partial charge on any atom is 0.264 e. The van der Waals surface area contributed by atoms with E-state index in [2.05, 4.69) is 0 Å². The van der Waals surface area contributed by atoms with Crippen molar-refractivity contribution >= 4 is 46.3 Å². The van der Waals surface area contributed by atoms with Crippen molar-refractivity contribution in [2.45, 2.75) is 13.3 Å². The molecule has 5 heteroatoms. The molecule has 0 amide bonds. The lowest BCUT2D eigenvalue weighted by Crippen LogP contribution is -2.14. The highest BCUT2D eigenvalue weighted by atomic mass is 35.5. The molecule has 3 nitrogen and oxygen atoms in total. The molecule has 1 aromatic heterocycles. The van der Waals surface area contributed by atoms with Crippen LogP contribution in [0, 0.1) is 6.92 Å². The Hall–Kier alpha value is -2.10. The summed E-state index contributed by atoms with van der Waals surface area (Å²) in [5, 5.41) is 1.46. The van der Waals surface area contributed by atoms with E-state index in [4.69, 9.17) is 23.2 Å². The van der Waals surface area contributed by atoms with Gasteiger partial charge in [-0.1, -0.05) is 47.5 Å². The molecule has 1 heterocycles. The number of rotatable bonds is 3. The van der Waals surface area contributed by atoms with Gasteiger partial charge in [-0.2, -0.15) is 0 Å². The molecular formula is C18H13Cl2NO2. The molecule has 0 saturated carbocycles. The summed E-state index contributed by atoms with van der Waals surface area (Å²) in [7, 11) is 0. The van der Waals surface area contributed by atoms with Gasteiger partial charge in [-0.15, -0.1) is 0 Å². The summed E-state index contributed by atoms with van der Waals surface area (Å²) in [6, 6.07) is 12.5. The normalized spacial score (nSPS) is 10.9. The Kier molecular flexibility index (Phi) is 4.24. The van der Waals surface area contributed by atoms with Crippen molar-refractivity contribution in [3.8, 4) is 0 Å². The Morgan fingerprint density at radius 1 is 1.13 bits per heavy atom. The molecule has 0 aliphatic heterocycles. The standard InChI is InChI=1S/C18H13Cl2NO2/c1-11-12(9-10-22)13-5-2-3-8-16(13)21(11)18(23)14-6-4-7-15(19)17(14)20/h2-8,10H,9H2,1H3. The first kappa shape index (κ1) is 15.8. The summed E-state index contributed by atoms with van der Waals surface area (Å²) in [6.07, 6.45) is 1.10. The molecule has 0 fully saturated rings. The number of benzene rings is 2. The van der Waals surface area contributed by atoms with Gasteiger partial charge in [0.05, 0.1) is 21.1 Å². The Morgan fingerprint density at radius 2 is 1.87 bits per heavy atom. The van der Waals surface area contributed by atoms with Crippen LogP contribution in [0.25, 0.3) is 10.9 Å². The SMILES string of the molecule is Cc1c(CC=O)c2ccccc2n1C(=O)c1cccc(Cl)c1Cl. The van der Waals surface area contributed by atoms with Crippen LogP contribution in [0.2, 0.25) is 10.0 Å². The zero-order valence-corrected chi connectivity index (χ0v) is 13.9. The largest absolute Gasteiger partial charge is 0.303 e. The number of nitrogens with zero attached hydrogens (tertiary/aromatic N) is 1. The number of aromatic nitrogens is 1. The Morgan fingerprint density at radius 3 is 2.61 bits per heavy atom. The highest BCUT2D eigenvalue weighted by Gasteiger charge is 2.21. The first-order valence-electron chi connectivity index (χ1n) is 7.07. The van der Waals surface area contributed by atoms with Gasteiger partial charge in [-0.3, -0.25) is 9.36 Å². The van der Waals surface area contributed by atoms with E-state index in [1.54, 1.807) is 22.8 Å². The van der Waals surface area contributed by atoms with E-state index in [0.29, 0.717) is 10.6 Å². The quantitative estimate of drug-likeness (QED) is 0.646. The van der Waals surface area contributed by atoms with Crippen LogP contribution < -0.4 is 0 Å². The molecule has 2 aromatic carbocycles. The summed E-state index contributed by atoms with van der Waals surface area (Å²) in [5.41, 5.74) is 2.67. The van der Waals surface area contributed by atoms with Crippen molar-refractivity contribution in [2.75, 3.05) is 0 Å². The molecule has 0 saturated heterocycles.